The zero-order chi connectivity index (χ0) is 13.0. The molecule has 0 radical (unpaired) electrons. The van der Waals surface area contributed by atoms with Crippen LogP contribution in [0.25, 0.3) is 0 Å². The van der Waals surface area contributed by atoms with E-state index in [1.54, 1.807) is 36.4 Å². The molecule has 0 aliphatic rings. The van der Waals surface area contributed by atoms with E-state index in [2.05, 4.69) is 22.6 Å². The fourth-order valence-electron chi connectivity index (χ4n) is 1.61. The van der Waals surface area contributed by atoms with Gasteiger partial charge >= 0.3 is 0 Å². The van der Waals surface area contributed by atoms with Gasteiger partial charge in [-0.2, -0.15) is 0 Å². The maximum Gasteiger partial charge on any atom is 0.170 e. The molecule has 0 spiro atoms. The lowest BCUT2D eigenvalue weighted by Crippen LogP contribution is -2.08. The predicted molar refractivity (Wildman–Crippen MR) is 78.9 cm³/mol. The molecule has 0 amide bonds. The monoisotopic (exact) mass is 350 g/mol. The molecular weight excluding hydrogens is 339 g/mol. The number of Topliss-reactive ketones (excluding diaryl/α,β-unsaturated/α-hetero) is 2. The Balaban J connectivity index is 2.08. The molecule has 0 saturated heterocycles. The standard InChI is InChI=1S/C15H11IO2/c16-13-8-6-12(7-9-13)15(18)10-14(17)11-4-2-1-3-5-11/h1-9H,10H2. The first-order valence-electron chi connectivity index (χ1n) is 5.54. The van der Waals surface area contributed by atoms with Crippen molar-refractivity contribution in [1.29, 1.82) is 0 Å². The van der Waals surface area contributed by atoms with Crippen molar-refractivity contribution in [3.05, 3.63) is 69.3 Å². The van der Waals surface area contributed by atoms with Crippen LogP contribution in [0.3, 0.4) is 0 Å². The van der Waals surface area contributed by atoms with E-state index >= 15 is 0 Å². The van der Waals surface area contributed by atoms with Gasteiger partial charge in [-0.1, -0.05) is 42.5 Å². The Kier molecular flexibility index (Phi) is 4.25. The second-order valence-electron chi connectivity index (χ2n) is 3.90. The lowest BCUT2D eigenvalue weighted by molar-refractivity contribution is 0.0894. The number of rotatable bonds is 4. The van der Waals surface area contributed by atoms with Crippen LogP contribution < -0.4 is 0 Å². The van der Waals surface area contributed by atoms with Crippen LogP contribution in [0.2, 0.25) is 0 Å². The van der Waals surface area contributed by atoms with E-state index in [9.17, 15) is 9.59 Å². The molecule has 0 bridgehead atoms. The van der Waals surface area contributed by atoms with E-state index in [4.69, 9.17) is 0 Å². The molecule has 0 unspecified atom stereocenters. The first-order valence-corrected chi connectivity index (χ1v) is 6.62. The third-order valence-corrected chi connectivity index (χ3v) is 3.30. The molecule has 18 heavy (non-hydrogen) atoms. The zero-order valence-electron chi connectivity index (χ0n) is 9.60. The normalized spacial score (nSPS) is 10.1. The molecule has 2 rings (SSSR count). The summed E-state index contributed by atoms with van der Waals surface area (Å²) in [5.41, 5.74) is 1.16. The molecule has 0 aliphatic heterocycles. The van der Waals surface area contributed by atoms with Gasteiger partial charge in [0, 0.05) is 14.7 Å². The Morgan fingerprint density at radius 1 is 0.778 bits per heavy atom. The SMILES string of the molecule is O=C(CC(=O)c1ccc(I)cc1)c1ccccc1. The van der Waals surface area contributed by atoms with Crippen molar-refractivity contribution in [2.24, 2.45) is 0 Å². The number of hydrogen-bond donors (Lipinski definition) is 0. The number of halogens is 1. The Bertz CT molecular complexity index is 559. The van der Waals surface area contributed by atoms with Gasteiger partial charge in [-0.05, 0) is 34.7 Å². The summed E-state index contributed by atoms with van der Waals surface area (Å²) in [6.45, 7) is 0. The lowest BCUT2D eigenvalue weighted by atomic mass is 10.0. The maximum absolute atomic E-state index is 11.9. The van der Waals surface area contributed by atoms with Crippen LogP contribution in [-0.4, -0.2) is 11.6 Å². The number of ketones is 2. The highest BCUT2D eigenvalue weighted by atomic mass is 127. The third kappa shape index (κ3) is 3.26. The number of benzene rings is 2. The Labute approximate surface area is 119 Å². The van der Waals surface area contributed by atoms with Crippen molar-refractivity contribution in [3.8, 4) is 0 Å². The molecule has 0 heterocycles. The van der Waals surface area contributed by atoms with E-state index in [0.29, 0.717) is 11.1 Å². The van der Waals surface area contributed by atoms with Crippen LogP contribution in [-0.2, 0) is 0 Å². The minimum Gasteiger partial charge on any atom is -0.294 e. The number of carbonyl (C=O) groups is 2. The van der Waals surface area contributed by atoms with Crippen molar-refractivity contribution in [2.45, 2.75) is 6.42 Å². The molecule has 2 aromatic carbocycles. The van der Waals surface area contributed by atoms with Crippen LogP contribution in [0, 0.1) is 3.57 Å². The molecule has 90 valence electrons. The molecule has 0 aromatic heterocycles. The summed E-state index contributed by atoms with van der Waals surface area (Å²) in [6, 6.07) is 16.1. The fraction of sp³-hybridized carbons (Fsp3) is 0.0667. The van der Waals surface area contributed by atoms with Crippen LogP contribution >= 0.6 is 22.6 Å². The summed E-state index contributed by atoms with van der Waals surface area (Å²) < 4.78 is 1.07. The van der Waals surface area contributed by atoms with Crippen LogP contribution in [0.1, 0.15) is 27.1 Å². The van der Waals surface area contributed by atoms with Crippen molar-refractivity contribution >= 4 is 34.2 Å². The summed E-state index contributed by atoms with van der Waals surface area (Å²) in [6.07, 6.45) is -0.0788. The fourth-order valence-corrected chi connectivity index (χ4v) is 1.97. The minimum atomic E-state index is -0.140. The molecule has 0 N–H and O–H groups in total. The van der Waals surface area contributed by atoms with Gasteiger partial charge in [0.15, 0.2) is 11.6 Å². The van der Waals surface area contributed by atoms with E-state index in [-0.39, 0.29) is 18.0 Å². The van der Waals surface area contributed by atoms with Gasteiger partial charge in [0.1, 0.15) is 0 Å². The topological polar surface area (TPSA) is 34.1 Å². The summed E-state index contributed by atoms with van der Waals surface area (Å²) in [5, 5.41) is 0. The summed E-state index contributed by atoms with van der Waals surface area (Å²) in [4.78, 5) is 23.8. The Morgan fingerprint density at radius 2 is 1.28 bits per heavy atom. The van der Waals surface area contributed by atoms with Crippen molar-refractivity contribution < 1.29 is 9.59 Å². The van der Waals surface area contributed by atoms with Crippen molar-refractivity contribution in [1.82, 2.24) is 0 Å². The molecule has 0 atom stereocenters. The second-order valence-corrected chi connectivity index (χ2v) is 5.14. The highest BCUT2D eigenvalue weighted by molar-refractivity contribution is 14.1. The zero-order valence-corrected chi connectivity index (χ0v) is 11.8. The highest BCUT2D eigenvalue weighted by Gasteiger charge is 2.13. The molecule has 3 heteroatoms. The van der Waals surface area contributed by atoms with Crippen molar-refractivity contribution in [3.63, 3.8) is 0 Å². The maximum atomic E-state index is 11.9. The lowest BCUT2D eigenvalue weighted by Gasteiger charge is -2.01. The van der Waals surface area contributed by atoms with Gasteiger partial charge < -0.3 is 0 Å². The smallest absolute Gasteiger partial charge is 0.170 e. The van der Waals surface area contributed by atoms with Crippen LogP contribution in [0.4, 0.5) is 0 Å². The van der Waals surface area contributed by atoms with Gasteiger partial charge in [-0.15, -0.1) is 0 Å². The Morgan fingerprint density at radius 3 is 1.83 bits per heavy atom. The average Bonchev–Trinajstić information content (AvgIpc) is 2.40. The summed E-state index contributed by atoms with van der Waals surface area (Å²) in [5.74, 6) is -0.278. The first kappa shape index (κ1) is 13.0. The van der Waals surface area contributed by atoms with Gasteiger partial charge in [-0.3, -0.25) is 9.59 Å². The predicted octanol–water partition coefficient (Wildman–Crippen LogP) is 3.75. The highest BCUT2D eigenvalue weighted by Crippen LogP contribution is 2.11. The minimum absolute atomic E-state index is 0.0788. The molecular formula is C15H11IO2. The van der Waals surface area contributed by atoms with Gasteiger partial charge in [0.05, 0.1) is 6.42 Å². The molecule has 0 fully saturated rings. The number of hydrogen-bond acceptors (Lipinski definition) is 2. The first-order chi connectivity index (χ1) is 8.66. The third-order valence-electron chi connectivity index (χ3n) is 2.58. The molecule has 0 saturated carbocycles. The number of carbonyl (C=O) groups excluding carboxylic acids is 2. The van der Waals surface area contributed by atoms with Crippen LogP contribution in [0.15, 0.2) is 54.6 Å². The summed E-state index contributed by atoms with van der Waals surface area (Å²) >= 11 is 2.18. The van der Waals surface area contributed by atoms with Gasteiger partial charge in [0.2, 0.25) is 0 Å². The quantitative estimate of drug-likeness (QED) is 0.478. The van der Waals surface area contributed by atoms with Crippen LogP contribution in [0.5, 0.6) is 0 Å². The van der Waals surface area contributed by atoms with E-state index in [1.807, 2.05) is 18.2 Å². The van der Waals surface area contributed by atoms with Gasteiger partial charge in [-0.25, -0.2) is 0 Å². The van der Waals surface area contributed by atoms with E-state index < -0.39 is 0 Å². The second kappa shape index (κ2) is 5.91. The van der Waals surface area contributed by atoms with Gasteiger partial charge in [0.25, 0.3) is 0 Å². The Hall–Kier alpha value is -1.49. The molecule has 2 nitrogen and oxygen atoms in total. The van der Waals surface area contributed by atoms with E-state index in [1.165, 1.54) is 0 Å². The largest absolute Gasteiger partial charge is 0.294 e. The summed E-state index contributed by atoms with van der Waals surface area (Å²) in [7, 11) is 0. The van der Waals surface area contributed by atoms with Crippen molar-refractivity contribution in [2.75, 3.05) is 0 Å². The van der Waals surface area contributed by atoms with E-state index in [0.717, 1.165) is 3.57 Å². The molecule has 0 aliphatic carbocycles. The average molecular weight is 350 g/mol. The molecule has 2 aromatic rings.